The van der Waals surface area contributed by atoms with E-state index < -0.39 is 57.4 Å². The van der Waals surface area contributed by atoms with E-state index in [0.29, 0.717) is 60.8 Å². The zero-order valence-corrected chi connectivity index (χ0v) is 39.6. The zero-order valence-electron chi connectivity index (χ0n) is 35.9. The number of aromatic amines is 1. The van der Waals surface area contributed by atoms with Gasteiger partial charge < -0.3 is 39.3 Å². The number of carbonyl (C=O) groups excluding carboxylic acids is 2. The van der Waals surface area contributed by atoms with Crippen LogP contribution < -0.4 is 19.3 Å². The fourth-order valence-electron chi connectivity index (χ4n) is 6.67. The summed E-state index contributed by atoms with van der Waals surface area (Å²) < 4.78 is 87.7. The smallest absolute Gasteiger partial charge is 0.436 e. The van der Waals surface area contributed by atoms with Crippen LogP contribution in [-0.2, 0) is 39.7 Å². The van der Waals surface area contributed by atoms with Gasteiger partial charge in [0.2, 0.25) is 11.8 Å². The van der Waals surface area contributed by atoms with Crippen molar-refractivity contribution in [3.05, 3.63) is 79.3 Å². The number of amides is 2. The van der Waals surface area contributed by atoms with Crippen LogP contribution in [0.15, 0.2) is 36.4 Å². The maximum Gasteiger partial charge on any atom is 0.436 e. The van der Waals surface area contributed by atoms with Crippen molar-refractivity contribution in [1.82, 2.24) is 29.8 Å². The van der Waals surface area contributed by atoms with E-state index in [1.807, 2.05) is 24.3 Å². The van der Waals surface area contributed by atoms with Gasteiger partial charge in [-0.2, -0.15) is 36.5 Å². The molecule has 2 saturated heterocycles. The molecular weight excluding hydrogens is 980 g/mol. The lowest BCUT2D eigenvalue weighted by Gasteiger charge is -2.36. The number of aliphatic hydroxyl groups is 2. The van der Waals surface area contributed by atoms with E-state index in [1.54, 1.807) is 34.1 Å². The van der Waals surface area contributed by atoms with Crippen LogP contribution in [0.4, 0.5) is 37.7 Å². The standard InChI is InChI=1S/C20H23Cl2F3N4O3.C13H16Cl2N2O2.C7H8ClF3N2O/c1-19(2,31)18-16(22)17(20(23,24)25)26-29(18)11-15(30)28-8-6-27(7-9-28)12-4-5-13(21)14(10-12)32-3;1-19-12-8-10(2-3-11(12)15)16-4-6-17(7-5-16)13(18)9-14;1-6(2,14)4-3(8)5(13-12-4)7(9,10)11/h4-5,10,31H,6-9,11H2,1-3H3;2-3,8H,4-7,9H2,1H3;14H,1-2H3,(H,12,13). The van der Waals surface area contributed by atoms with Gasteiger partial charge in [-0.25, -0.2) is 0 Å². The van der Waals surface area contributed by atoms with E-state index >= 15 is 0 Å². The monoisotopic (exact) mass is 1020 g/mol. The summed E-state index contributed by atoms with van der Waals surface area (Å²) in [6.07, 6.45) is -9.40. The van der Waals surface area contributed by atoms with Crippen LogP contribution in [0, 0.1) is 0 Å². The third kappa shape index (κ3) is 13.8. The number of methoxy groups -OCH3 is 2. The van der Waals surface area contributed by atoms with E-state index in [0.717, 1.165) is 29.1 Å². The van der Waals surface area contributed by atoms with Gasteiger partial charge in [0.05, 0.1) is 40.0 Å². The molecule has 2 aromatic carbocycles. The minimum Gasteiger partial charge on any atom is -0.495 e. The minimum atomic E-state index is -4.81. The predicted octanol–water partition coefficient (Wildman–Crippen LogP) is 8.34. The van der Waals surface area contributed by atoms with Gasteiger partial charge in [-0.1, -0.05) is 46.4 Å². The van der Waals surface area contributed by atoms with Crippen molar-refractivity contribution in [2.24, 2.45) is 0 Å². The summed E-state index contributed by atoms with van der Waals surface area (Å²) in [4.78, 5) is 31.9. The number of rotatable bonds is 9. The normalized spacial score (nSPS) is 14.9. The molecule has 360 valence electrons. The number of H-pyrrole nitrogens is 1. The van der Waals surface area contributed by atoms with Crippen molar-refractivity contribution in [2.45, 2.75) is 57.8 Å². The molecule has 2 amide bonds. The van der Waals surface area contributed by atoms with Gasteiger partial charge in [0.15, 0.2) is 11.4 Å². The predicted molar refractivity (Wildman–Crippen MR) is 236 cm³/mol. The van der Waals surface area contributed by atoms with Crippen LogP contribution >= 0.6 is 58.0 Å². The first-order chi connectivity index (χ1) is 30.1. The lowest BCUT2D eigenvalue weighted by Crippen LogP contribution is -2.49. The first kappa shape index (κ1) is 53.6. The Labute approximate surface area is 395 Å². The number of aromatic nitrogens is 4. The summed E-state index contributed by atoms with van der Waals surface area (Å²) >= 11 is 28.9. The number of nitrogens with one attached hydrogen (secondary N) is 1. The number of benzene rings is 2. The highest BCUT2D eigenvalue weighted by molar-refractivity contribution is 6.33. The zero-order chi connectivity index (χ0) is 48.8. The van der Waals surface area contributed by atoms with Gasteiger partial charge in [-0.3, -0.25) is 19.4 Å². The second-order valence-corrected chi connectivity index (χ2v) is 17.4. The van der Waals surface area contributed by atoms with Crippen molar-refractivity contribution in [2.75, 3.05) is 82.3 Å². The largest absolute Gasteiger partial charge is 0.495 e. The van der Waals surface area contributed by atoms with Crippen LogP contribution in [0.25, 0.3) is 0 Å². The molecule has 25 heteroatoms. The molecule has 0 radical (unpaired) electrons. The topological polar surface area (TPSA) is 153 Å². The number of nitrogens with zero attached hydrogens (tertiary/aromatic N) is 7. The first-order valence-corrected chi connectivity index (χ1v) is 21.6. The van der Waals surface area contributed by atoms with Gasteiger partial charge >= 0.3 is 12.4 Å². The molecule has 3 N–H and O–H groups in total. The summed E-state index contributed by atoms with van der Waals surface area (Å²) in [5.41, 5.74) is -4.23. The van der Waals surface area contributed by atoms with Crippen LogP contribution in [0.1, 0.15) is 50.5 Å². The maximum atomic E-state index is 13.2. The molecule has 0 unspecified atom stereocenters. The van der Waals surface area contributed by atoms with E-state index in [2.05, 4.69) is 20.0 Å². The van der Waals surface area contributed by atoms with Gasteiger partial charge in [0.25, 0.3) is 0 Å². The van der Waals surface area contributed by atoms with Crippen LogP contribution in [0.3, 0.4) is 0 Å². The second-order valence-electron chi connectivity index (χ2n) is 15.6. The van der Waals surface area contributed by atoms with Crippen LogP contribution in [0.5, 0.6) is 11.5 Å². The Hall–Kier alpha value is -4.05. The molecular formula is C40H47Cl5F6N8O6. The van der Waals surface area contributed by atoms with E-state index in [4.69, 9.17) is 67.5 Å². The number of ether oxygens (including phenoxy) is 2. The number of hydrogen-bond donors (Lipinski definition) is 3. The number of carbonyl (C=O) groups is 2. The summed E-state index contributed by atoms with van der Waals surface area (Å²) in [5, 5.41) is 28.1. The second kappa shape index (κ2) is 21.7. The molecule has 2 aliphatic heterocycles. The third-order valence-electron chi connectivity index (χ3n) is 9.98. The summed E-state index contributed by atoms with van der Waals surface area (Å²) in [7, 11) is 3.12. The van der Waals surface area contributed by atoms with Crippen molar-refractivity contribution >= 4 is 81.2 Å². The lowest BCUT2D eigenvalue weighted by atomic mass is 10.0. The number of alkyl halides is 7. The quantitative estimate of drug-likeness (QED) is 0.110. The molecule has 0 aliphatic carbocycles. The molecule has 14 nitrogen and oxygen atoms in total. The Balaban J connectivity index is 0.000000237. The molecule has 2 aromatic heterocycles. The molecule has 0 saturated carbocycles. The SMILES string of the molecule is CC(C)(O)c1n[nH]c(C(F)(F)F)c1Cl.COc1cc(N2CCN(C(=O)CCl)CC2)ccc1Cl.COc1cc(N2CCN(C(=O)Cn3nc(C(F)(F)F)c(Cl)c3C(C)(C)O)CC2)ccc1Cl. The highest BCUT2D eigenvalue weighted by atomic mass is 35.5. The molecule has 0 atom stereocenters. The van der Waals surface area contributed by atoms with Crippen molar-refractivity contribution in [1.29, 1.82) is 0 Å². The van der Waals surface area contributed by atoms with Gasteiger partial charge in [-0.05, 0) is 52.0 Å². The van der Waals surface area contributed by atoms with Gasteiger partial charge in [-0.15, -0.1) is 11.6 Å². The molecule has 2 aliphatic rings. The molecule has 0 bridgehead atoms. The van der Waals surface area contributed by atoms with E-state index in [-0.39, 0.29) is 23.2 Å². The van der Waals surface area contributed by atoms with Gasteiger partial charge in [0.1, 0.15) is 40.8 Å². The Morgan fingerprint density at radius 2 is 1.12 bits per heavy atom. The fraction of sp³-hybridized carbons (Fsp3) is 0.500. The third-order valence-corrected chi connectivity index (χ3v) is 11.6. The summed E-state index contributed by atoms with van der Waals surface area (Å²) in [6.45, 7) is 9.42. The lowest BCUT2D eigenvalue weighted by molar-refractivity contribution is -0.142. The highest BCUT2D eigenvalue weighted by Crippen LogP contribution is 2.40. The number of anilines is 2. The number of halogens is 11. The molecule has 6 rings (SSSR count). The Morgan fingerprint density at radius 3 is 1.46 bits per heavy atom. The minimum absolute atomic E-state index is 0.00463. The fourth-order valence-corrected chi connectivity index (χ4v) is 8.13. The molecule has 4 heterocycles. The van der Waals surface area contributed by atoms with E-state index in [9.17, 15) is 46.1 Å². The van der Waals surface area contributed by atoms with Crippen LogP contribution in [-0.4, -0.2) is 124 Å². The van der Waals surface area contributed by atoms with Crippen LogP contribution in [0.2, 0.25) is 20.1 Å². The number of hydrogen-bond acceptors (Lipinski definition) is 10. The summed E-state index contributed by atoms with van der Waals surface area (Å²) in [6, 6.07) is 11.1. The molecule has 65 heavy (non-hydrogen) atoms. The Bertz CT molecular complexity index is 2240. The highest BCUT2D eigenvalue weighted by Gasteiger charge is 2.42. The van der Waals surface area contributed by atoms with Crippen molar-refractivity contribution < 1.29 is 55.6 Å². The summed E-state index contributed by atoms with van der Waals surface area (Å²) in [5.74, 6) is 0.831. The Kier molecular flexibility index (Phi) is 17.9. The average molecular weight is 1030 g/mol. The first-order valence-electron chi connectivity index (χ1n) is 19.5. The van der Waals surface area contributed by atoms with Crippen molar-refractivity contribution in [3.8, 4) is 11.5 Å². The molecule has 4 aromatic rings. The van der Waals surface area contributed by atoms with Gasteiger partial charge in [0, 0.05) is 75.9 Å². The van der Waals surface area contributed by atoms with E-state index in [1.165, 1.54) is 34.8 Å². The molecule has 0 spiro atoms. The molecule has 2 fully saturated rings. The average Bonchev–Trinajstić information content (AvgIpc) is 3.81. The maximum absolute atomic E-state index is 13.2. The van der Waals surface area contributed by atoms with Crippen molar-refractivity contribution in [3.63, 3.8) is 0 Å². The Morgan fingerprint density at radius 1 is 0.677 bits per heavy atom. The number of piperazine rings is 2.